The molecule has 0 fully saturated rings. The molecule has 0 amide bonds. The van der Waals surface area contributed by atoms with Crippen LogP contribution in [0.25, 0.3) is 0 Å². The molecule has 0 unspecified atom stereocenters. The Hall–Kier alpha value is -1.87. The molecule has 0 saturated carbocycles. The molecule has 3 aromatic rings. The van der Waals surface area contributed by atoms with Crippen LogP contribution in [0.2, 0.25) is 5.02 Å². The van der Waals surface area contributed by atoms with Crippen molar-refractivity contribution in [2.75, 3.05) is 4.72 Å². The fraction of sp³-hybridized carbons (Fsp3) is 0. The maximum Gasteiger partial charge on any atom is 0.261 e. The molecule has 0 heterocycles. The Bertz CT molecular complexity index is 1180. The summed E-state index contributed by atoms with van der Waals surface area (Å²) >= 11 is 9.07. The van der Waals surface area contributed by atoms with Gasteiger partial charge in [-0.2, -0.15) is 0 Å². The second kappa shape index (κ2) is 7.63. The Morgan fingerprint density at radius 1 is 0.741 bits per heavy atom. The van der Waals surface area contributed by atoms with E-state index in [1.165, 1.54) is 42.5 Å². The van der Waals surface area contributed by atoms with Crippen molar-refractivity contribution < 1.29 is 16.8 Å². The van der Waals surface area contributed by atoms with Crippen LogP contribution in [0.1, 0.15) is 0 Å². The van der Waals surface area contributed by atoms with Crippen LogP contribution in [0.5, 0.6) is 0 Å². The number of halogens is 2. The fourth-order valence-electron chi connectivity index (χ4n) is 2.29. The molecule has 3 aromatic carbocycles. The van der Waals surface area contributed by atoms with E-state index in [2.05, 4.69) is 20.7 Å². The van der Waals surface area contributed by atoms with Gasteiger partial charge in [-0.15, -0.1) is 0 Å². The number of sulfone groups is 1. The summed E-state index contributed by atoms with van der Waals surface area (Å²) in [4.78, 5) is -0.244. The molecule has 5 nitrogen and oxygen atoms in total. The van der Waals surface area contributed by atoms with Crippen LogP contribution in [0, 0.1) is 0 Å². The minimum atomic E-state index is -3.95. The predicted molar refractivity (Wildman–Crippen MR) is 108 cm³/mol. The van der Waals surface area contributed by atoms with Crippen molar-refractivity contribution in [1.29, 1.82) is 0 Å². The highest BCUT2D eigenvalue weighted by Crippen LogP contribution is 2.25. The van der Waals surface area contributed by atoms with Gasteiger partial charge in [0.25, 0.3) is 10.0 Å². The summed E-state index contributed by atoms with van der Waals surface area (Å²) in [6.07, 6.45) is 0. The number of anilines is 1. The van der Waals surface area contributed by atoms with Gasteiger partial charge in [-0.3, -0.25) is 4.72 Å². The molecule has 1 N–H and O–H groups in total. The fourth-order valence-corrected chi connectivity index (χ4v) is 5.17. The van der Waals surface area contributed by atoms with E-state index in [1.807, 2.05) is 0 Å². The summed E-state index contributed by atoms with van der Waals surface area (Å²) in [5.41, 5.74) is 0.365. The minimum absolute atomic E-state index is 0.0299. The van der Waals surface area contributed by atoms with Crippen molar-refractivity contribution >= 4 is 53.1 Å². The summed E-state index contributed by atoms with van der Waals surface area (Å²) in [5, 5.41) is 0.406. The maximum atomic E-state index is 12.8. The van der Waals surface area contributed by atoms with Crippen molar-refractivity contribution in [2.24, 2.45) is 0 Å². The van der Waals surface area contributed by atoms with Crippen molar-refractivity contribution in [3.05, 3.63) is 82.3 Å². The highest BCUT2D eigenvalue weighted by Gasteiger charge is 2.21. The molecule has 0 atom stereocenters. The van der Waals surface area contributed by atoms with Gasteiger partial charge in [-0.05, 0) is 66.7 Å². The standard InChI is InChI=1S/C18H13BrClNO4S2/c19-13-4-8-15(9-5-13)21-27(24,25)18-3-1-2-17(12-18)26(22,23)16-10-6-14(20)7-11-16/h1-12,21H. The van der Waals surface area contributed by atoms with E-state index in [1.54, 1.807) is 24.3 Å². The van der Waals surface area contributed by atoms with Crippen molar-refractivity contribution in [3.8, 4) is 0 Å². The third-order valence-electron chi connectivity index (χ3n) is 3.65. The van der Waals surface area contributed by atoms with E-state index >= 15 is 0 Å². The number of hydrogen-bond donors (Lipinski definition) is 1. The summed E-state index contributed by atoms with van der Waals surface area (Å²) in [6, 6.07) is 17.4. The van der Waals surface area contributed by atoms with Gasteiger partial charge >= 0.3 is 0 Å². The van der Waals surface area contributed by atoms with Crippen molar-refractivity contribution in [3.63, 3.8) is 0 Å². The Morgan fingerprint density at radius 3 is 1.96 bits per heavy atom. The minimum Gasteiger partial charge on any atom is -0.280 e. The van der Waals surface area contributed by atoms with Crippen LogP contribution in [0.15, 0.2) is 92.0 Å². The molecule has 27 heavy (non-hydrogen) atoms. The van der Waals surface area contributed by atoms with Gasteiger partial charge in [0, 0.05) is 15.2 Å². The maximum absolute atomic E-state index is 12.8. The van der Waals surface area contributed by atoms with E-state index < -0.39 is 19.9 Å². The topological polar surface area (TPSA) is 80.3 Å². The zero-order chi connectivity index (χ0) is 19.7. The SMILES string of the molecule is O=S(=O)(Nc1ccc(Br)cc1)c1cccc(S(=O)(=O)c2ccc(Cl)cc2)c1. The monoisotopic (exact) mass is 485 g/mol. The Balaban J connectivity index is 1.97. The van der Waals surface area contributed by atoms with Crippen molar-refractivity contribution in [1.82, 2.24) is 0 Å². The van der Waals surface area contributed by atoms with Crippen LogP contribution >= 0.6 is 27.5 Å². The first-order valence-corrected chi connectivity index (χ1v) is 11.7. The number of rotatable bonds is 5. The third-order valence-corrected chi connectivity index (χ3v) is 7.57. The van der Waals surface area contributed by atoms with Crippen LogP contribution in [0.3, 0.4) is 0 Å². The molecule has 0 aliphatic rings. The smallest absolute Gasteiger partial charge is 0.261 e. The number of hydrogen-bond acceptors (Lipinski definition) is 4. The van der Waals surface area contributed by atoms with Gasteiger partial charge < -0.3 is 0 Å². The highest BCUT2D eigenvalue weighted by molar-refractivity contribution is 9.10. The first kappa shape index (κ1) is 19.9. The highest BCUT2D eigenvalue weighted by atomic mass is 79.9. The van der Waals surface area contributed by atoms with Crippen LogP contribution in [-0.4, -0.2) is 16.8 Å². The molecule has 9 heteroatoms. The lowest BCUT2D eigenvalue weighted by atomic mass is 10.3. The van der Waals surface area contributed by atoms with Crippen molar-refractivity contribution in [2.45, 2.75) is 14.7 Å². The quantitative estimate of drug-likeness (QED) is 0.565. The Morgan fingerprint density at radius 2 is 1.33 bits per heavy atom. The first-order valence-electron chi connectivity index (χ1n) is 7.58. The predicted octanol–water partition coefficient (Wildman–Crippen LogP) is 4.74. The molecule has 0 aliphatic carbocycles. The number of benzene rings is 3. The molecule has 0 saturated heterocycles. The van der Waals surface area contributed by atoms with Gasteiger partial charge in [-0.1, -0.05) is 33.6 Å². The van der Waals surface area contributed by atoms with E-state index in [0.717, 1.165) is 10.5 Å². The van der Waals surface area contributed by atoms with Gasteiger partial charge in [-0.25, -0.2) is 16.8 Å². The normalized spacial score (nSPS) is 11.9. The zero-order valence-electron chi connectivity index (χ0n) is 13.6. The van der Waals surface area contributed by atoms with Crippen LogP contribution in [0.4, 0.5) is 5.69 Å². The second-order valence-electron chi connectivity index (χ2n) is 5.54. The lowest BCUT2D eigenvalue weighted by Gasteiger charge is -2.10. The van der Waals surface area contributed by atoms with E-state index in [4.69, 9.17) is 11.6 Å². The molecule has 0 spiro atoms. The van der Waals surface area contributed by atoms with Gasteiger partial charge in [0.1, 0.15) is 0 Å². The molecule has 0 bridgehead atoms. The molecule has 140 valence electrons. The zero-order valence-corrected chi connectivity index (χ0v) is 17.6. The molecule has 0 aromatic heterocycles. The van der Waals surface area contributed by atoms with Gasteiger partial charge in [0.2, 0.25) is 9.84 Å². The van der Waals surface area contributed by atoms with Gasteiger partial charge in [0.15, 0.2) is 0 Å². The largest absolute Gasteiger partial charge is 0.280 e. The summed E-state index contributed by atoms with van der Waals surface area (Å²) in [6.45, 7) is 0. The Kier molecular flexibility index (Phi) is 5.62. The molecular formula is C18H13BrClNO4S2. The number of nitrogens with one attached hydrogen (secondary N) is 1. The number of sulfonamides is 1. The summed E-state index contributed by atoms with van der Waals surface area (Å²) in [7, 11) is -7.82. The van der Waals surface area contributed by atoms with E-state index in [0.29, 0.717) is 10.7 Å². The molecule has 0 aliphatic heterocycles. The molecule has 0 radical (unpaired) electrons. The Labute approximate surface area is 171 Å². The lowest BCUT2D eigenvalue weighted by molar-refractivity contribution is 0.595. The molecule has 3 rings (SSSR count). The average molecular weight is 487 g/mol. The third kappa shape index (κ3) is 4.52. The van der Waals surface area contributed by atoms with Gasteiger partial charge in [0.05, 0.1) is 14.7 Å². The van der Waals surface area contributed by atoms with Crippen LogP contribution < -0.4 is 4.72 Å². The van der Waals surface area contributed by atoms with Crippen LogP contribution in [-0.2, 0) is 19.9 Å². The summed E-state index contributed by atoms with van der Waals surface area (Å²) in [5.74, 6) is 0. The average Bonchev–Trinajstić information content (AvgIpc) is 2.64. The summed E-state index contributed by atoms with van der Waals surface area (Å²) < 4.78 is 54.0. The van der Waals surface area contributed by atoms with E-state index in [9.17, 15) is 16.8 Å². The molecular weight excluding hydrogens is 474 g/mol. The first-order chi connectivity index (χ1) is 12.7. The second-order valence-corrected chi connectivity index (χ2v) is 10.5. The van der Waals surface area contributed by atoms with E-state index in [-0.39, 0.29) is 14.7 Å². The lowest BCUT2D eigenvalue weighted by Crippen LogP contribution is -2.13.